The molecule has 0 aromatic rings. The van der Waals surface area contributed by atoms with Crippen molar-refractivity contribution in [2.24, 2.45) is 0 Å². The first kappa shape index (κ1) is 10.8. The molecule has 0 rings (SSSR count). The SMILES string of the molecule is OC[C@@H](O)CCC[C@H](O)CO. The first-order chi connectivity index (χ1) is 5.20. The highest BCUT2D eigenvalue weighted by Gasteiger charge is 2.04. The van der Waals surface area contributed by atoms with Crippen molar-refractivity contribution in [1.82, 2.24) is 0 Å². The highest BCUT2D eigenvalue weighted by molar-refractivity contribution is 4.57. The van der Waals surface area contributed by atoms with E-state index < -0.39 is 12.2 Å². The lowest BCUT2D eigenvalue weighted by Gasteiger charge is -2.08. The van der Waals surface area contributed by atoms with Crippen molar-refractivity contribution in [3.05, 3.63) is 0 Å². The van der Waals surface area contributed by atoms with E-state index in [4.69, 9.17) is 20.4 Å². The lowest BCUT2D eigenvalue weighted by atomic mass is 10.1. The highest BCUT2D eigenvalue weighted by Crippen LogP contribution is 2.03. The maximum Gasteiger partial charge on any atom is 0.0771 e. The molecule has 2 atom stereocenters. The predicted octanol–water partition coefficient (Wildman–Crippen LogP) is -1.14. The zero-order valence-corrected chi connectivity index (χ0v) is 6.48. The van der Waals surface area contributed by atoms with Crippen LogP contribution in [0.5, 0.6) is 0 Å². The number of hydrogen-bond acceptors (Lipinski definition) is 4. The summed E-state index contributed by atoms with van der Waals surface area (Å²) < 4.78 is 0. The van der Waals surface area contributed by atoms with Crippen molar-refractivity contribution in [3.8, 4) is 0 Å². The van der Waals surface area contributed by atoms with E-state index in [1.54, 1.807) is 0 Å². The van der Waals surface area contributed by atoms with Crippen LogP contribution in [-0.2, 0) is 0 Å². The molecule has 0 unspecified atom stereocenters. The molecule has 0 fully saturated rings. The summed E-state index contributed by atoms with van der Waals surface area (Å²) in [5, 5.41) is 34.5. The van der Waals surface area contributed by atoms with Crippen molar-refractivity contribution in [3.63, 3.8) is 0 Å². The predicted molar refractivity (Wildman–Crippen MR) is 40.0 cm³/mol. The van der Waals surface area contributed by atoms with Crippen LogP contribution in [0.2, 0.25) is 0 Å². The van der Waals surface area contributed by atoms with E-state index in [0.717, 1.165) is 0 Å². The molecule has 0 aromatic heterocycles. The van der Waals surface area contributed by atoms with Crippen LogP contribution in [0.25, 0.3) is 0 Å². The molecule has 0 aliphatic heterocycles. The number of rotatable bonds is 6. The summed E-state index contributed by atoms with van der Waals surface area (Å²) in [5.41, 5.74) is 0. The van der Waals surface area contributed by atoms with Gasteiger partial charge >= 0.3 is 0 Å². The van der Waals surface area contributed by atoms with Crippen molar-refractivity contribution in [1.29, 1.82) is 0 Å². The first-order valence-electron chi connectivity index (χ1n) is 3.78. The van der Waals surface area contributed by atoms with E-state index in [9.17, 15) is 0 Å². The molecule has 0 aromatic carbocycles. The highest BCUT2D eigenvalue weighted by atomic mass is 16.3. The zero-order valence-electron chi connectivity index (χ0n) is 6.48. The third-order valence-corrected chi connectivity index (χ3v) is 1.50. The van der Waals surface area contributed by atoms with E-state index in [-0.39, 0.29) is 13.2 Å². The Morgan fingerprint density at radius 2 is 1.18 bits per heavy atom. The van der Waals surface area contributed by atoms with Crippen molar-refractivity contribution in [2.45, 2.75) is 31.5 Å². The standard InChI is InChI=1S/C7H16O4/c8-4-6(10)2-1-3-7(11)5-9/h6-11H,1-5H2/t6-,7-/m0/s1. The summed E-state index contributed by atoms with van der Waals surface area (Å²) >= 11 is 0. The molecule has 68 valence electrons. The van der Waals surface area contributed by atoms with Gasteiger partial charge in [-0.05, 0) is 19.3 Å². The summed E-state index contributed by atoms with van der Waals surface area (Å²) in [5.74, 6) is 0. The second kappa shape index (κ2) is 6.54. The van der Waals surface area contributed by atoms with Crippen molar-refractivity contribution < 1.29 is 20.4 Å². The fourth-order valence-electron chi connectivity index (χ4n) is 0.772. The van der Waals surface area contributed by atoms with E-state index in [2.05, 4.69) is 0 Å². The van der Waals surface area contributed by atoms with Crippen LogP contribution in [0.3, 0.4) is 0 Å². The molecule has 0 aliphatic carbocycles. The number of aliphatic hydroxyl groups excluding tert-OH is 4. The number of hydrogen-bond donors (Lipinski definition) is 4. The monoisotopic (exact) mass is 164 g/mol. The molecule has 4 N–H and O–H groups in total. The van der Waals surface area contributed by atoms with Gasteiger partial charge in [0.25, 0.3) is 0 Å². The summed E-state index contributed by atoms with van der Waals surface area (Å²) in [7, 11) is 0. The fraction of sp³-hybridized carbons (Fsp3) is 1.00. The van der Waals surface area contributed by atoms with Crippen molar-refractivity contribution >= 4 is 0 Å². The van der Waals surface area contributed by atoms with Crippen LogP contribution in [0.4, 0.5) is 0 Å². The minimum absolute atomic E-state index is 0.241. The van der Waals surface area contributed by atoms with Crippen LogP contribution < -0.4 is 0 Å². The van der Waals surface area contributed by atoms with Gasteiger partial charge in [-0.25, -0.2) is 0 Å². The second-order valence-electron chi connectivity index (χ2n) is 2.60. The Morgan fingerprint density at radius 3 is 1.45 bits per heavy atom. The topological polar surface area (TPSA) is 80.9 Å². The smallest absolute Gasteiger partial charge is 0.0771 e. The van der Waals surface area contributed by atoms with Gasteiger partial charge in [-0.2, -0.15) is 0 Å². The molecular weight excluding hydrogens is 148 g/mol. The van der Waals surface area contributed by atoms with Crippen LogP contribution >= 0.6 is 0 Å². The van der Waals surface area contributed by atoms with Gasteiger partial charge in [-0.3, -0.25) is 0 Å². The molecule has 4 nitrogen and oxygen atoms in total. The Morgan fingerprint density at radius 1 is 0.818 bits per heavy atom. The third kappa shape index (κ3) is 6.25. The van der Waals surface area contributed by atoms with E-state index in [1.807, 2.05) is 0 Å². The average molecular weight is 164 g/mol. The second-order valence-corrected chi connectivity index (χ2v) is 2.60. The summed E-state index contributed by atoms with van der Waals surface area (Å²) in [6.07, 6.45) is 0.159. The van der Waals surface area contributed by atoms with Crippen LogP contribution in [0.1, 0.15) is 19.3 Å². The Kier molecular flexibility index (Phi) is 6.45. The van der Waals surface area contributed by atoms with Gasteiger partial charge in [0.15, 0.2) is 0 Å². The van der Waals surface area contributed by atoms with Crippen LogP contribution in [0, 0.1) is 0 Å². The van der Waals surface area contributed by atoms with Crippen LogP contribution in [0.15, 0.2) is 0 Å². The molecule has 0 saturated heterocycles. The van der Waals surface area contributed by atoms with Gasteiger partial charge in [0.05, 0.1) is 25.4 Å². The summed E-state index contributed by atoms with van der Waals surface area (Å²) in [6.45, 7) is -0.482. The van der Waals surface area contributed by atoms with Gasteiger partial charge in [-0.15, -0.1) is 0 Å². The Bertz CT molecular complexity index is 76.5. The minimum atomic E-state index is -0.694. The normalized spacial score (nSPS) is 16.4. The lowest BCUT2D eigenvalue weighted by Crippen LogP contribution is -2.15. The van der Waals surface area contributed by atoms with Gasteiger partial charge < -0.3 is 20.4 Å². The Hall–Kier alpha value is -0.160. The van der Waals surface area contributed by atoms with E-state index in [0.29, 0.717) is 19.3 Å². The van der Waals surface area contributed by atoms with E-state index in [1.165, 1.54) is 0 Å². The molecule has 0 spiro atoms. The first-order valence-corrected chi connectivity index (χ1v) is 3.78. The molecule has 0 aliphatic rings. The van der Waals surface area contributed by atoms with Gasteiger partial charge in [0.1, 0.15) is 0 Å². The largest absolute Gasteiger partial charge is 0.394 e. The molecule has 0 saturated carbocycles. The number of aliphatic hydroxyl groups is 4. The molecule has 0 radical (unpaired) electrons. The quantitative estimate of drug-likeness (QED) is 0.400. The summed E-state index contributed by atoms with van der Waals surface area (Å²) in [6, 6.07) is 0. The van der Waals surface area contributed by atoms with Crippen molar-refractivity contribution in [2.75, 3.05) is 13.2 Å². The molecular formula is C7H16O4. The molecule has 0 amide bonds. The lowest BCUT2D eigenvalue weighted by molar-refractivity contribution is 0.0657. The maximum absolute atomic E-state index is 8.85. The average Bonchev–Trinajstić information content (AvgIpc) is 2.04. The Balaban J connectivity index is 3.13. The Labute approximate surface area is 66.1 Å². The third-order valence-electron chi connectivity index (χ3n) is 1.50. The fourth-order valence-corrected chi connectivity index (χ4v) is 0.772. The van der Waals surface area contributed by atoms with Crippen LogP contribution in [-0.4, -0.2) is 45.8 Å². The van der Waals surface area contributed by atoms with Gasteiger partial charge in [-0.1, -0.05) is 0 Å². The minimum Gasteiger partial charge on any atom is -0.394 e. The van der Waals surface area contributed by atoms with Gasteiger partial charge in [0.2, 0.25) is 0 Å². The summed E-state index contributed by atoms with van der Waals surface area (Å²) in [4.78, 5) is 0. The molecule has 0 bridgehead atoms. The maximum atomic E-state index is 8.85. The van der Waals surface area contributed by atoms with Gasteiger partial charge in [0, 0.05) is 0 Å². The van der Waals surface area contributed by atoms with E-state index >= 15 is 0 Å². The molecule has 11 heavy (non-hydrogen) atoms. The molecule has 4 heteroatoms. The molecule has 0 heterocycles. The zero-order chi connectivity index (χ0) is 8.69.